The van der Waals surface area contributed by atoms with Crippen LogP contribution in [-0.4, -0.2) is 41.3 Å². The molecular weight excluding hydrogens is 308 g/mol. The molecule has 1 fully saturated rings. The largest absolute Gasteiger partial charge is 0.342 e. The summed E-state index contributed by atoms with van der Waals surface area (Å²) < 4.78 is 0. The number of amides is 2. The van der Waals surface area contributed by atoms with Crippen molar-refractivity contribution >= 4 is 40.9 Å². The third-order valence-corrected chi connectivity index (χ3v) is 4.53. The second-order valence-corrected chi connectivity index (χ2v) is 6.51. The summed E-state index contributed by atoms with van der Waals surface area (Å²) in [6.45, 7) is 3.61. The van der Waals surface area contributed by atoms with Crippen LogP contribution in [0.4, 0.5) is 5.69 Å². The maximum absolute atomic E-state index is 11.9. The van der Waals surface area contributed by atoms with Gasteiger partial charge in [0, 0.05) is 23.8 Å². The third kappa shape index (κ3) is 4.93. The highest BCUT2D eigenvalue weighted by molar-refractivity contribution is 8.00. The number of carbonyl (C=O) groups excluding carboxylic acids is 2. The van der Waals surface area contributed by atoms with Gasteiger partial charge in [0.15, 0.2) is 0 Å². The van der Waals surface area contributed by atoms with E-state index in [1.807, 2.05) is 11.8 Å². The van der Waals surface area contributed by atoms with Crippen molar-refractivity contribution in [3.8, 4) is 0 Å². The molecule has 0 unspecified atom stereocenters. The molecule has 1 aromatic rings. The molecule has 0 radical (unpaired) electrons. The molecule has 0 aliphatic carbocycles. The molecule has 0 aromatic heterocycles. The van der Waals surface area contributed by atoms with Gasteiger partial charge in [0.25, 0.3) is 0 Å². The Kier molecular flexibility index (Phi) is 5.94. The summed E-state index contributed by atoms with van der Waals surface area (Å²) in [4.78, 5) is 25.6. The molecule has 1 aliphatic rings. The van der Waals surface area contributed by atoms with Crippen molar-refractivity contribution in [3.05, 3.63) is 28.8 Å². The lowest BCUT2D eigenvalue weighted by Crippen LogP contribution is -2.29. The summed E-state index contributed by atoms with van der Waals surface area (Å²) >= 11 is 7.23. The smallest absolute Gasteiger partial charge is 0.234 e. The fourth-order valence-electron chi connectivity index (χ4n) is 2.24. The minimum absolute atomic E-state index is 0.0976. The van der Waals surface area contributed by atoms with Crippen LogP contribution in [0.2, 0.25) is 5.02 Å². The van der Waals surface area contributed by atoms with Crippen molar-refractivity contribution in [2.45, 2.75) is 19.8 Å². The van der Waals surface area contributed by atoms with Crippen LogP contribution in [0.1, 0.15) is 18.4 Å². The van der Waals surface area contributed by atoms with Gasteiger partial charge < -0.3 is 10.2 Å². The highest BCUT2D eigenvalue weighted by atomic mass is 35.5. The number of hydrogen-bond acceptors (Lipinski definition) is 3. The number of benzene rings is 1. The van der Waals surface area contributed by atoms with Crippen molar-refractivity contribution < 1.29 is 9.59 Å². The topological polar surface area (TPSA) is 49.4 Å². The molecule has 2 rings (SSSR count). The Balaban J connectivity index is 1.73. The van der Waals surface area contributed by atoms with E-state index in [2.05, 4.69) is 5.32 Å². The number of thioether (sulfide) groups is 1. The maximum atomic E-state index is 11.9. The fourth-order valence-corrected chi connectivity index (χ4v) is 3.19. The Morgan fingerprint density at radius 3 is 2.67 bits per heavy atom. The zero-order valence-electron chi connectivity index (χ0n) is 12.0. The number of anilines is 1. The van der Waals surface area contributed by atoms with Crippen LogP contribution >= 0.6 is 23.4 Å². The van der Waals surface area contributed by atoms with Crippen LogP contribution in [0.25, 0.3) is 0 Å². The lowest BCUT2D eigenvalue weighted by atomic mass is 10.2. The number of rotatable bonds is 5. The predicted molar refractivity (Wildman–Crippen MR) is 88.0 cm³/mol. The molecule has 2 amide bonds. The SMILES string of the molecule is Cc1cc(Cl)ccc1NC(=O)CSCC(=O)N1CCCC1. The number of nitrogens with one attached hydrogen (secondary N) is 1. The van der Waals surface area contributed by atoms with E-state index in [0.717, 1.165) is 37.2 Å². The molecule has 4 nitrogen and oxygen atoms in total. The van der Waals surface area contributed by atoms with E-state index in [1.54, 1.807) is 18.2 Å². The van der Waals surface area contributed by atoms with Gasteiger partial charge >= 0.3 is 0 Å². The molecule has 21 heavy (non-hydrogen) atoms. The molecule has 114 valence electrons. The minimum Gasteiger partial charge on any atom is -0.342 e. The van der Waals surface area contributed by atoms with Gasteiger partial charge in [-0.15, -0.1) is 11.8 Å². The maximum Gasteiger partial charge on any atom is 0.234 e. The summed E-state index contributed by atoms with van der Waals surface area (Å²) in [7, 11) is 0. The zero-order valence-corrected chi connectivity index (χ0v) is 13.6. The number of carbonyl (C=O) groups is 2. The Bertz CT molecular complexity index is 530. The second-order valence-electron chi connectivity index (χ2n) is 5.09. The minimum atomic E-state index is -0.0976. The Labute approximate surface area is 134 Å². The van der Waals surface area contributed by atoms with Crippen molar-refractivity contribution in [3.63, 3.8) is 0 Å². The molecule has 1 N–H and O–H groups in total. The standard InChI is InChI=1S/C15H19ClN2O2S/c1-11-8-12(16)4-5-13(11)17-14(19)9-21-10-15(20)18-6-2-3-7-18/h4-5,8H,2-3,6-7,9-10H2,1H3,(H,17,19). The summed E-state index contributed by atoms with van der Waals surface area (Å²) in [6, 6.07) is 5.34. The summed E-state index contributed by atoms with van der Waals surface area (Å²) in [5.74, 6) is 0.682. The van der Waals surface area contributed by atoms with Crippen LogP contribution in [0, 0.1) is 6.92 Å². The molecule has 0 atom stereocenters. The average molecular weight is 327 g/mol. The Morgan fingerprint density at radius 1 is 1.29 bits per heavy atom. The molecule has 0 bridgehead atoms. The first-order valence-corrected chi connectivity index (χ1v) is 8.51. The predicted octanol–water partition coefficient (Wildman–Crippen LogP) is 2.94. The fraction of sp³-hybridized carbons (Fsp3) is 0.467. The normalized spacial score (nSPS) is 14.3. The van der Waals surface area contributed by atoms with Crippen LogP contribution in [0.3, 0.4) is 0 Å². The van der Waals surface area contributed by atoms with Gasteiger partial charge in [0.2, 0.25) is 11.8 Å². The van der Waals surface area contributed by atoms with Gasteiger partial charge in [-0.05, 0) is 43.5 Å². The number of hydrogen-bond donors (Lipinski definition) is 1. The first-order chi connectivity index (χ1) is 10.1. The van der Waals surface area contributed by atoms with E-state index in [-0.39, 0.29) is 17.6 Å². The van der Waals surface area contributed by atoms with Crippen LogP contribution in [0.5, 0.6) is 0 Å². The number of likely N-dealkylation sites (tertiary alicyclic amines) is 1. The molecule has 1 saturated heterocycles. The Morgan fingerprint density at radius 2 is 2.00 bits per heavy atom. The second kappa shape index (κ2) is 7.71. The lowest BCUT2D eigenvalue weighted by molar-refractivity contribution is -0.127. The molecule has 1 aliphatic heterocycles. The molecule has 1 aromatic carbocycles. The number of halogens is 1. The molecule has 0 spiro atoms. The highest BCUT2D eigenvalue weighted by Gasteiger charge is 2.17. The Hall–Kier alpha value is -1.20. The van der Waals surface area contributed by atoms with Gasteiger partial charge in [-0.1, -0.05) is 11.6 Å². The lowest BCUT2D eigenvalue weighted by Gasteiger charge is -2.14. The average Bonchev–Trinajstić information content (AvgIpc) is 2.96. The van der Waals surface area contributed by atoms with Crippen molar-refractivity contribution in [1.29, 1.82) is 0 Å². The zero-order chi connectivity index (χ0) is 15.2. The first kappa shape index (κ1) is 16.2. The van der Waals surface area contributed by atoms with E-state index >= 15 is 0 Å². The highest BCUT2D eigenvalue weighted by Crippen LogP contribution is 2.20. The number of aryl methyl sites for hydroxylation is 1. The summed E-state index contributed by atoms with van der Waals surface area (Å²) in [6.07, 6.45) is 2.18. The molecule has 1 heterocycles. The van der Waals surface area contributed by atoms with Gasteiger partial charge in [-0.3, -0.25) is 9.59 Å². The monoisotopic (exact) mass is 326 g/mol. The van der Waals surface area contributed by atoms with Gasteiger partial charge in [0.1, 0.15) is 0 Å². The molecular formula is C15H19ClN2O2S. The van der Waals surface area contributed by atoms with Crippen LogP contribution < -0.4 is 5.32 Å². The van der Waals surface area contributed by atoms with E-state index < -0.39 is 0 Å². The van der Waals surface area contributed by atoms with E-state index in [1.165, 1.54) is 11.8 Å². The van der Waals surface area contributed by atoms with Crippen molar-refractivity contribution in [2.24, 2.45) is 0 Å². The van der Waals surface area contributed by atoms with Crippen LogP contribution in [0.15, 0.2) is 18.2 Å². The summed E-state index contributed by atoms with van der Waals surface area (Å²) in [5.41, 5.74) is 1.69. The van der Waals surface area contributed by atoms with Gasteiger partial charge in [-0.2, -0.15) is 0 Å². The summed E-state index contributed by atoms with van der Waals surface area (Å²) in [5, 5.41) is 3.49. The number of nitrogens with zero attached hydrogens (tertiary/aromatic N) is 1. The molecule has 0 saturated carbocycles. The van der Waals surface area contributed by atoms with Crippen molar-refractivity contribution in [1.82, 2.24) is 4.90 Å². The quantitative estimate of drug-likeness (QED) is 0.905. The van der Waals surface area contributed by atoms with Gasteiger partial charge in [0.05, 0.1) is 11.5 Å². The van der Waals surface area contributed by atoms with Crippen LogP contribution in [-0.2, 0) is 9.59 Å². The van der Waals surface area contributed by atoms with E-state index in [9.17, 15) is 9.59 Å². The molecule has 6 heteroatoms. The first-order valence-electron chi connectivity index (χ1n) is 6.98. The van der Waals surface area contributed by atoms with Crippen molar-refractivity contribution in [2.75, 3.05) is 29.9 Å². The third-order valence-electron chi connectivity index (χ3n) is 3.38. The van der Waals surface area contributed by atoms with Gasteiger partial charge in [-0.25, -0.2) is 0 Å². The van der Waals surface area contributed by atoms with E-state index in [4.69, 9.17) is 11.6 Å². The van der Waals surface area contributed by atoms with E-state index in [0.29, 0.717) is 10.8 Å².